The Morgan fingerprint density at radius 2 is 1.41 bits per heavy atom. The number of aryl methyl sites for hydroxylation is 2. The average Bonchev–Trinajstić information content (AvgIpc) is 2.41. The Morgan fingerprint density at radius 3 is 2.12 bits per heavy atom. The molecule has 1 nitrogen and oxygen atoms in total. The van der Waals surface area contributed by atoms with E-state index in [1.807, 2.05) is 18.5 Å². The van der Waals surface area contributed by atoms with Crippen LogP contribution in [-0.2, 0) is 12.8 Å². The number of aromatic nitrogens is 1. The molecule has 0 N–H and O–H groups in total. The minimum atomic E-state index is 1.16. The second kappa shape index (κ2) is 6.85. The maximum Gasteiger partial charge on any atom is 0.0299 e. The molecule has 0 atom stereocenters. The van der Waals surface area contributed by atoms with Crippen LogP contribution in [0.5, 0.6) is 0 Å². The maximum absolute atomic E-state index is 4.13. The van der Waals surface area contributed by atoms with Gasteiger partial charge in [0, 0.05) is 12.4 Å². The van der Waals surface area contributed by atoms with E-state index in [-0.39, 0.29) is 0 Å². The van der Waals surface area contributed by atoms with Gasteiger partial charge >= 0.3 is 0 Å². The van der Waals surface area contributed by atoms with Crippen LogP contribution in [0.1, 0.15) is 30.4 Å². The van der Waals surface area contributed by atoms with E-state index >= 15 is 0 Å². The summed E-state index contributed by atoms with van der Waals surface area (Å²) in [4.78, 5) is 4.13. The van der Waals surface area contributed by atoms with Gasteiger partial charge < -0.3 is 0 Å². The summed E-state index contributed by atoms with van der Waals surface area (Å²) in [6, 6.07) is 14.9. The summed E-state index contributed by atoms with van der Waals surface area (Å²) in [5.74, 6) is 0. The van der Waals surface area contributed by atoms with Crippen LogP contribution in [0.25, 0.3) is 0 Å². The van der Waals surface area contributed by atoms with Crippen molar-refractivity contribution >= 4 is 0 Å². The second-order valence-electron chi connectivity index (χ2n) is 4.41. The molecule has 0 spiro atoms. The van der Waals surface area contributed by atoms with Crippen LogP contribution in [0.4, 0.5) is 0 Å². The summed E-state index contributed by atoms with van der Waals surface area (Å²) >= 11 is 0. The molecule has 1 heteroatoms. The topological polar surface area (TPSA) is 12.9 Å². The van der Waals surface area contributed by atoms with Gasteiger partial charge in [0.15, 0.2) is 0 Å². The van der Waals surface area contributed by atoms with Crippen molar-refractivity contribution in [1.82, 2.24) is 4.98 Å². The van der Waals surface area contributed by atoms with Gasteiger partial charge in [-0.2, -0.15) is 0 Å². The Kier molecular flexibility index (Phi) is 4.77. The van der Waals surface area contributed by atoms with E-state index in [9.17, 15) is 0 Å². The number of nitrogens with zero attached hydrogens (tertiary/aromatic N) is 1. The number of hydrogen-bond donors (Lipinski definition) is 0. The largest absolute Gasteiger partial charge is 0.264 e. The highest BCUT2D eigenvalue weighted by Crippen LogP contribution is 2.09. The molecule has 0 saturated carbocycles. The highest BCUT2D eigenvalue weighted by Gasteiger charge is 1.94. The van der Waals surface area contributed by atoms with Crippen molar-refractivity contribution in [2.24, 2.45) is 0 Å². The molecule has 2 rings (SSSR count). The third-order valence-corrected chi connectivity index (χ3v) is 3.00. The molecule has 0 bridgehead atoms. The van der Waals surface area contributed by atoms with Crippen molar-refractivity contribution in [3.63, 3.8) is 0 Å². The van der Waals surface area contributed by atoms with Gasteiger partial charge in [-0.1, -0.05) is 42.8 Å². The van der Waals surface area contributed by atoms with Gasteiger partial charge in [0.2, 0.25) is 0 Å². The van der Waals surface area contributed by atoms with Gasteiger partial charge in [-0.05, 0) is 42.9 Å². The predicted octanol–water partition coefficient (Wildman–Crippen LogP) is 4.04. The number of pyridine rings is 1. The number of hydrogen-bond acceptors (Lipinski definition) is 1. The van der Waals surface area contributed by atoms with Crippen molar-refractivity contribution in [2.75, 3.05) is 0 Å². The van der Waals surface area contributed by atoms with Gasteiger partial charge in [-0.15, -0.1) is 0 Å². The third kappa shape index (κ3) is 4.39. The van der Waals surface area contributed by atoms with Gasteiger partial charge in [0.1, 0.15) is 0 Å². The molecule has 0 fully saturated rings. The summed E-state index contributed by atoms with van der Waals surface area (Å²) < 4.78 is 0. The quantitative estimate of drug-likeness (QED) is 0.676. The van der Waals surface area contributed by atoms with Crippen LogP contribution in [0.3, 0.4) is 0 Å². The Balaban J connectivity index is 1.61. The van der Waals surface area contributed by atoms with E-state index in [0.717, 1.165) is 6.42 Å². The summed E-state index contributed by atoms with van der Waals surface area (Å²) in [5, 5.41) is 0. The lowest BCUT2D eigenvalue weighted by Gasteiger charge is -2.02. The molecule has 0 radical (unpaired) electrons. The molecule has 1 aromatic heterocycles. The Morgan fingerprint density at radius 1 is 0.706 bits per heavy atom. The van der Waals surface area contributed by atoms with Gasteiger partial charge in [0.25, 0.3) is 0 Å². The molecule has 1 heterocycles. The fourth-order valence-corrected chi connectivity index (χ4v) is 2.03. The van der Waals surface area contributed by atoms with Crippen molar-refractivity contribution in [3.05, 3.63) is 66.0 Å². The molecule has 0 aliphatic heterocycles. The first kappa shape index (κ1) is 11.8. The molecule has 0 aliphatic carbocycles. The van der Waals surface area contributed by atoms with Crippen molar-refractivity contribution in [1.29, 1.82) is 0 Å². The van der Waals surface area contributed by atoms with Crippen LogP contribution < -0.4 is 0 Å². The molecule has 0 aliphatic rings. The standard InChI is InChI=1S/C16H19N/c1-3-8-15(9-4-1)10-5-2-6-11-16-12-7-13-17-14-16/h1,3-4,7-9,12-14H,2,5-6,10-11H2. The van der Waals surface area contributed by atoms with Crippen molar-refractivity contribution in [2.45, 2.75) is 32.1 Å². The summed E-state index contributed by atoms with van der Waals surface area (Å²) in [6.45, 7) is 0. The predicted molar refractivity (Wildman–Crippen MR) is 71.9 cm³/mol. The number of unbranched alkanes of at least 4 members (excludes halogenated alkanes) is 2. The first-order valence-electron chi connectivity index (χ1n) is 6.38. The Hall–Kier alpha value is -1.63. The van der Waals surface area contributed by atoms with E-state index < -0.39 is 0 Å². The fourth-order valence-electron chi connectivity index (χ4n) is 2.03. The molecule has 88 valence electrons. The van der Waals surface area contributed by atoms with E-state index in [0.29, 0.717) is 0 Å². The van der Waals surface area contributed by atoms with Crippen LogP contribution in [0, 0.1) is 0 Å². The van der Waals surface area contributed by atoms with E-state index in [1.165, 1.54) is 36.8 Å². The number of benzene rings is 1. The minimum absolute atomic E-state index is 1.16. The van der Waals surface area contributed by atoms with E-state index in [1.54, 1.807) is 0 Å². The molecule has 0 unspecified atom stereocenters. The molecule has 0 saturated heterocycles. The molecular formula is C16H19N. The van der Waals surface area contributed by atoms with E-state index in [4.69, 9.17) is 0 Å². The zero-order valence-corrected chi connectivity index (χ0v) is 10.2. The SMILES string of the molecule is c1ccc(CCCCCc2cccnc2)cc1. The lowest BCUT2D eigenvalue weighted by molar-refractivity contribution is 0.677. The van der Waals surface area contributed by atoms with Gasteiger partial charge in [-0.25, -0.2) is 0 Å². The summed E-state index contributed by atoms with van der Waals surface area (Å²) in [7, 11) is 0. The van der Waals surface area contributed by atoms with Gasteiger partial charge in [-0.3, -0.25) is 4.98 Å². The lowest BCUT2D eigenvalue weighted by Crippen LogP contribution is -1.89. The highest BCUT2D eigenvalue weighted by atomic mass is 14.6. The first-order chi connectivity index (χ1) is 8.45. The van der Waals surface area contributed by atoms with Crippen LogP contribution in [0.15, 0.2) is 54.9 Å². The molecule has 1 aromatic carbocycles. The van der Waals surface area contributed by atoms with Crippen LogP contribution in [0.2, 0.25) is 0 Å². The number of rotatable bonds is 6. The minimum Gasteiger partial charge on any atom is -0.264 e. The third-order valence-electron chi connectivity index (χ3n) is 3.00. The fraction of sp³-hybridized carbons (Fsp3) is 0.312. The van der Waals surface area contributed by atoms with Crippen molar-refractivity contribution < 1.29 is 0 Å². The summed E-state index contributed by atoms with van der Waals surface area (Å²) in [6.07, 6.45) is 10.00. The molecule has 2 aromatic rings. The zero-order valence-electron chi connectivity index (χ0n) is 10.2. The maximum atomic E-state index is 4.13. The van der Waals surface area contributed by atoms with Crippen molar-refractivity contribution in [3.8, 4) is 0 Å². The molecular weight excluding hydrogens is 206 g/mol. The smallest absolute Gasteiger partial charge is 0.0299 e. The van der Waals surface area contributed by atoms with Gasteiger partial charge in [0.05, 0.1) is 0 Å². The molecule has 0 amide bonds. The van der Waals surface area contributed by atoms with Crippen LogP contribution >= 0.6 is 0 Å². The normalized spacial score (nSPS) is 10.4. The highest BCUT2D eigenvalue weighted by molar-refractivity contribution is 5.14. The Labute approximate surface area is 104 Å². The van der Waals surface area contributed by atoms with E-state index in [2.05, 4.69) is 41.4 Å². The lowest BCUT2D eigenvalue weighted by atomic mass is 10.0. The van der Waals surface area contributed by atoms with Crippen LogP contribution in [-0.4, -0.2) is 4.98 Å². The Bertz CT molecular complexity index is 367. The zero-order chi connectivity index (χ0) is 11.8. The monoisotopic (exact) mass is 225 g/mol. The second-order valence-corrected chi connectivity index (χ2v) is 4.41. The molecule has 17 heavy (non-hydrogen) atoms. The average molecular weight is 225 g/mol. The summed E-state index contributed by atoms with van der Waals surface area (Å²) in [5.41, 5.74) is 2.81. The first-order valence-corrected chi connectivity index (χ1v) is 6.38.